The largest absolute Gasteiger partial charge is 0.493 e. The molecule has 19 heavy (non-hydrogen) atoms. The average molecular weight is 265 g/mol. The van der Waals surface area contributed by atoms with E-state index in [1.165, 1.54) is 13.2 Å². The summed E-state index contributed by atoms with van der Waals surface area (Å²) in [5.74, 6) is 1.00. The van der Waals surface area contributed by atoms with Crippen molar-refractivity contribution < 1.29 is 19.0 Å². The van der Waals surface area contributed by atoms with Gasteiger partial charge in [-0.15, -0.1) is 0 Å². The predicted octanol–water partition coefficient (Wildman–Crippen LogP) is 1.82. The molecule has 0 aliphatic carbocycles. The molecule has 0 saturated carbocycles. The van der Waals surface area contributed by atoms with Crippen molar-refractivity contribution in [2.75, 3.05) is 28.4 Å². The van der Waals surface area contributed by atoms with Crippen LogP contribution < -0.4 is 9.47 Å². The Kier molecular flexibility index (Phi) is 5.73. The van der Waals surface area contributed by atoms with Gasteiger partial charge in [0.15, 0.2) is 11.5 Å². The van der Waals surface area contributed by atoms with Gasteiger partial charge in [-0.05, 0) is 17.7 Å². The topological polar surface area (TPSA) is 48.0 Å². The van der Waals surface area contributed by atoms with Crippen LogP contribution in [0.5, 0.6) is 11.5 Å². The van der Waals surface area contributed by atoms with Gasteiger partial charge in [-0.1, -0.05) is 6.07 Å². The third-order valence-corrected chi connectivity index (χ3v) is 2.55. The fourth-order valence-electron chi connectivity index (χ4n) is 1.58. The van der Waals surface area contributed by atoms with Crippen LogP contribution in [-0.2, 0) is 16.1 Å². The number of ether oxygens (including phenoxy) is 3. The summed E-state index contributed by atoms with van der Waals surface area (Å²) in [5.41, 5.74) is 1.05. The minimum atomic E-state index is -0.376. The fourth-order valence-corrected chi connectivity index (χ4v) is 1.58. The zero-order valence-corrected chi connectivity index (χ0v) is 11.7. The van der Waals surface area contributed by atoms with E-state index in [-0.39, 0.29) is 5.97 Å². The number of rotatable bonds is 6. The molecule has 0 atom stereocenters. The second-order valence-corrected chi connectivity index (χ2v) is 3.94. The SMILES string of the molecule is COC(=O)/C=C/N(C)Cc1ccc(OC)c(OC)c1. The minimum absolute atomic E-state index is 0.376. The van der Waals surface area contributed by atoms with Gasteiger partial charge in [-0.2, -0.15) is 0 Å². The van der Waals surface area contributed by atoms with Crippen molar-refractivity contribution in [2.24, 2.45) is 0 Å². The number of benzene rings is 1. The Bertz CT molecular complexity index is 457. The molecule has 0 spiro atoms. The molecule has 1 rings (SSSR count). The first kappa shape index (κ1) is 14.9. The summed E-state index contributed by atoms with van der Waals surface area (Å²) < 4.78 is 14.9. The summed E-state index contributed by atoms with van der Waals surface area (Å²) in [6.07, 6.45) is 3.04. The number of carbonyl (C=O) groups excluding carboxylic acids is 1. The lowest BCUT2D eigenvalue weighted by molar-refractivity contribution is -0.134. The maximum Gasteiger partial charge on any atom is 0.331 e. The van der Waals surface area contributed by atoms with Crippen molar-refractivity contribution in [1.29, 1.82) is 0 Å². The standard InChI is InChI=1S/C14H19NO4/c1-15(8-7-14(16)19-4)10-11-5-6-12(17-2)13(9-11)18-3/h5-9H,10H2,1-4H3/b8-7+. The van der Waals surface area contributed by atoms with Gasteiger partial charge in [0.05, 0.1) is 21.3 Å². The van der Waals surface area contributed by atoms with Crippen molar-refractivity contribution in [2.45, 2.75) is 6.54 Å². The normalized spacial score (nSPS) is 10.3. The first-order valence-electron chi connectivity index (χ1n) is 5.78. The number of carbonyl (C=O) groups is 1. The molecule has 0 heterocycles. The highest BCUT2D eigenvalue weighted by Crippen LogP contribution is 2.27. The van der Waals surface area contributed by atoms with Crippen LogP contribution >= 0.6 is 0 Å². The quantitative estimate of drug-likeness (QED) is 0.580. The van der Waals surface area contributed by atoms with E-state index in [4.69, 9.17) is 9.47 Å². The van der Waals surface area contributed by atoms with E-state index in [0.29, 0.717) is 18.0 Å². The molecule has 5 nitrogen and oxygen atoms in total. The van der Waals surface area contributed by atoms with Crippen LogP contribution in [0.15, 0.2) is 30.5 Å². The lowest BCUT2D eigenvalue weighted by Gasteiger charge is -2.15. The van der Waals surface area contributed by atoms with Gasteiger partial charge < -0.3 is 19.1 Å². The molecule has 0 fully saturated rings. The van der Waals surface area contributed by atoms with Gasteiger partial charge in [0.25, 0.3) is 0 Å². The molecule has 0 N–H and O–H groups in total. The molecule has 0 aromatic heterocycles. The Labute approximate surface area is 113 Å². The Morgan fingerprint density at radius 2 is 1.89 bits per heavy atom. The first-order chi connectivity index (χ1) is 9.10. The zero-order chi connectivity index (χ0) is 14.3. The van der Waals surface area contributed by atoms with E-state index in [2.05, 4.69) is 4.74 Å². The number of nitrogens with zero attached hydrogens (tertiary/aromatic N) is 1. The highest BCUT2D eigenvalue weighted by atomic mass is 16.5. The number of hydrogen-bond acceptors (Lipinski definition) is 5. The summed E-state index contributed by atoms with van der Waals surface area (Å²) >= 11 is 0. The molecular weight excluding hydrogens is 246 g/mol. The Balaban J connectivity index is 2.71. The molecule has 0 aliphatic heterocycles. The molecule has 0 amide bonds. The molecule has 104 valence electrons. The van der Waals surface area contributed by atoms with E-state index in [1.807, 2.05) is 30.1 Å². The molecular formula is C14H19NO4. The maximum atomic E-state index is 11.0. The average Bonchev–Trinajstić information content (AvgIpc) is 2.44. The maximum absolute atomic E-state index is 11.0. The molecule has 5 heteroatoms. The van der Waals surface area contributed by atoms with Gasteiger partial charge in [0, 0.05) is 25.9 Å². The van der Waals surface area contributed by atoms with Crippen LogP contribution in [0.3, 0.4) is 0 Å². The lowest BCUT2D eigenvalue weighted by atomic mass is 10.2. The zero-order valence-electron chi connectivity index (χ0n) is 11.7. The third kappa shape index (κ3) is 4.54. The van der Waals surface area contributed by atoms with E-state index >= 15 is 0 Å². The molecule has 1 aromatic carbocycles. The third-order valence-electron chi connectivity index (χ3n) is 2.55. The number of esters is 1. The van der Waals surface area contributed by atoms with Gasteiger partial charge >= 0.3 is 5.97 Å². The molecule has 0 bridgehead atoms. The molecule has 0 unspecified atom stereocenters. The van der Waals surface area contributed by atoms with E-state index in [1.54, 1.807) is 20.4 Å². The highest BCUT2D eigenvalue weighted by molar-refractivity contribution is 5.81. The lowest BCUT2D eigenvalue weighted by Crippen LogP contribution is -2.11. The van der Waals surface area contributed by atoms with Crippen molar-refractivity contribution in [3.8, 4) is 11.5 Å². The van der Waals surface area contributed by atoms with Crippen LogP contribution in [0, 0.1) is 0 Å². The Hall–Kier alpha value is -2.17. The van der Waals surface area contributed by atoms with Crippen molar-refractivity contribution in [3.63, 3.8) is 0 Å². The van der Waals surface area contributed by atoms with Crippen molar-refractivity contribution in [3.05, 3.63) is 36.0 Å². The second kappa shape index (κ2) is 7.31. The van der Waals surface area contributed by atoms with Gasteiger partial charge in [0.1, 0.15) is 0 Å². The van der Waals surface area contributed by atoms with Gasteiger partial charge in [-0.25, -0.2) is 4.79 Å². The second-order valence-electron chi connectivity index (χ2n) is 3.94. The Morgan fingerprint density at radius 3 is 2.47 bits per heavy atom. The molecule has 0 saturated heterocycles. The van der Waals surface area contributed by atoms with Crippen LogP contribution in [0.4, 0.5) is 0 Å². The minimum Gasteiger partial charge on any atom is -0.493 e. The summed E-state index contributed by atoms with van der Waals surface area (Å²) in [5, 5.41) is 0. The van der Waals surface area contributed by atoms with Gasteiger partial charge in [-0.3, -0.25) is 0 Å². The molecule has 0 radical (unpaired) electrons. The van der Waals surface area contributed by atoms with E-state index in [0.717, 1.165) is 5.56 Å². The summed E-state index contributed by atoms with van der Waals surface area (Å²) in [7, 11) is 6.42. The monoisotopic (exact) mass is 265 g/mol. The number of hydrogen-bond donors (Lipinski definition) is 0. The molecule has 0 aliphatic rings. The summed E-state index contributed by atoms with van der Waals surface area (Å²) in [6, 6.07) is 5.71. The number of methoxy groups -OCH3 is 3. The van der Waals surface area contributed by atoms with E-state index < -0.39 is 0 Å². The van der Waals surface area contributed by atoms with Crippen LogP contribution in [0.25, 0.3) is 0 Å². The predicted molar refractivity (Wildman–Crippen MR) is 72.2 cm³/mol. The Morgan fingerprint density at radius 1 is 1.21 bits per heavy atom. The van der Waals surface area contributed by atoms with Gasteiger partial charge in [0.2, 0.25) is 0 Å². The van der Waals surface area contributed by atoms with Crippen molar-refractivity contribution in [1.82, 2.24) is 4.90 Å². The smallest absolute Gasteiger partial charge is 0.331 e. The van der Waals surface area contributed by atoms with Crippen LogP contribution in [0.1, 0.15) is 5.56 Å². The fraction of sp³-hybridized carbons (Fsp3) is 0.357. The van der Waals surface area contributed by atoms with Crippen molar-refractivity contribution >= 4 is 5.97 Å². The van der Waals surface area contributed by atoms with E-state index in [9.17, 15) is 4.79 Å². The summed E-state index contributed by atoms with van der Waals surface area (Å²) in [4.78, 5) is 12.9. The van der Waals surface area contributed by atoms with Crippen LogP contribution in [0.2, 0.25) is 0 Å². The first-order valence-corrected chi connectivity index (χ1v) is 5.78. The molecule has 1 aromatic rings. The summed E-state index contributed by atoms with van der Waals surface area (Å²) in [6.45, 7) is 0.647. The highest BCUT2D eigenvalue weighted by Gasteiger charge is 2.05. The van der Waals surface area contributed by atoms with Crippen LogP contribution in [-0.4, -0.2) is 39.2 Å².